The van der Waals surface area contributed by atoms with Crippen LogP contribution in [0.15, 0.2) is 131 Å². The number of thioether (sulfide) groups is 1. The molecule has 72 heavy (non-hydrogen) atoms. The molecule has 0 radical (unpaired) electrons. The van der Waals surface area contributed by atoms with Gasteiger partial charge < -0.3 is 48.6 Å². The standard InChI is InChI=1S/C55H67N3O13S/c1-3-29-68-55-51(57(25-30-65-31-28-61)54(62)67-33-32-66-37-39-11-5-4-6-12-39)36-49(56-69-38-40-15-17-42(18-16-40)58(63)64)47-34-41(13-7-9-26-59)46(14-8-10-27-60)52(53(47)55)48-35-44(21-24-50(48)71-55)70-43-19-22-45(72-2)23-20-43/h3-6,11-12,15-24,34-35,41,46,51-53,59-61H,1,7-10,13-14,25-33,36-38H2,2H3/t41-,46+,51-,52+,53+,55+/m0/s1. The molecule has 4 aromatic carbocycles. The van der Waals surface area contributed by atoms with E-state index in [0.29, 0.717) is 48.0 Å². The number of aliphatic hydroxyl groups excluding tert-OH is 3. The van der Waals surface area contributed by atoms with Crippen molar-refractivity contribution in [1.29, 1.82) is 0 Å². The first kappa shape index (κ1) is 54.0. The number of non-ortho nitro benzene ring substituents is 1. The maximum absolute atomic E-state index is 14.8. The second-order valence-electron chi connectivity index (χ2n) is 17.9. The highest BCUT2D eigenvalue weighted by molar-refractivity contribution is 7.98. The van der Waals surface area contributed by atoms with Crippen LogP contribution in [0.25, 0.3) is 0 Å². The van der Waals surface area contributed by atoms with Gasteiger partial charge in [-0.2, -0.15) is 0 Å². The number of carbonyl (C=O) groups excluding carboxylic acids is 1. The Balaban J connectivity index is 1.36. The molecule has 2 aliphatic carbocycles. The van der Waals surface area contributed by atoms with Gasteiger partial charge in [0.1, 0.15) is 36.5 Å². The fourth-order valence-electron chi connectivity index (χ4n) is 10.1. The molecule has 0 spiro atoms. The molecule has 3 aliphatic rings. The Morgan fingerprint density at radius 1 is 0.875 bits per heavy atom. The normalized spacial score (nSPS) is 21.4. The predicted octanol–water partition coefficient (Wildman–Crippen LogP) is 9.61. The highest BCUT2D eigenvalue weighted by Gasteiger charge is 2.65. The number of rotatable bonds is 29. The Morgan fingerprint density at radius 3 is 2.32 bits per heavy atom. The Kier molecular flexibility index (Phi) is 20.5. The maximum atomic E-state index is 14.8. The van der Waals surface area contributed by atoms with E-state index in [2.05, 4.69) is 12.7 Å². The van der Waals surface area contributed by atoms with Crippen molar-refractivity contribution in [2.24, 2.45) is 22.9 Å². The van der Waals surface area contributed by atoms with Crippen molar-refractivity contribution in [3.05, 3.63) is 148 Å². The first-order valence-electron chi connectivity index (χ1n) is 24.7. The lowest BCUT2D eigenvalue weighted by molar-refractivity contribution is -0.384. The number of nitro groups is 1. The van der Waals surface area contributed by atoms with Gasteiger partial charge in [-0.1, -0.05) is 60.5 Å². The summed E-state index contributed by atoms with van der Waals surface area (Å²) >= 11 is 1.64. The van der Waals surface area contributed by atoms with E-state index in [1.165, 1.54) is 12.1 Å². The largest absolute Gasteiger partial charge is 0.459 e. The first-order valence-corrected chi connectivity index (χ1v) is 25.9. The predicted molar refractivity (Wildman–Crippen MR) is 273 cm³/mol. The number of benzene rings is 4. The number of carbonyl (C=O) groups is 1. The van der Waals surface area contributed by atoms with Crippen molar-refractivity contribution in [3.8, 4) is 17.2 Å². The number of nitrogens with zero attached hydrogens (tertiary/aromatic N) is 3. The van der Waals surface area contributed by atoms with E-state index in [0.717, 1.165) is 47.3 Å². The maximum Gasteiger partial charge on any atom is 0.410 e. The van der Waals surface area contributed by atoms with Crippen molar-refractivity contribution in [1.82, 2.24) is 4.90 Å². The fraction of sp³-hybridized carbons (Fsp3) is 0.455. The molecule has 1 heterocycles. The molecule has 4 aromatic rings. The van der Waals surface area contributed by atoms with E-state index < -0.39 is 28.8 Å². The minimum Gasteiger partial charge on any atom is -0.459 e. The SMILES string of the molecule is C=CCO[C@@]12Oc3ccc(Oc4ccc(SC)cc4)cc3[C@H]3[C@H](CCCCO)[C@@H](CCCCO)C=C(C(=NOCc4ccc([N+](=O)[O-])cc4)C[C@@H]1N(CCOCCO)C(=O)OCCOCc1ccccc1)[C@H]32. The van der Waals surface area contributed by atoms with E-state index in [1.807, 2.05) is 79.1 Å². The van der Waals surface area contributed by atoms with Gasteiger partial charge in [0.2, 0.25) is 5.79 Å². The average molecular weight is 1010 g/mol. The van der Waals surface area contributed by atoms with Gasteiger partial charge in [-0.15, -0.1) is 18.3 Å². The third-order valence-electron chi connectivity index (χ3n) is 13.4. The molecule has 16 nitrogen and oxygen atoms in total. The molecule has 7 rings (SSSR count). The number of nitro benzene ring substituents is 1. The van der Waals surface area contributed by atoms with Crippen molar-refractivity contribution < 1.29 is 58.3 Å². The zero-order valence-electron chi connectivity index (χ0n) is 40.9. The molecule has 0 unspecified atom stereocenters. The Hall–Kier alpha value is -5.79. The molecule has 386 valence electrons. The van der Waals surface area contributed by atoms with Crippen LogP contribution in [0.3, 0.4) is 0 Å². The quantitative estimate of drug-likeness (QED) is 0.0153. The number of allylic oxidation sites excluding steroid dienone is 1. The third kappa shape index (κ3) is 13.6. The van der Waals surface area contributed by atoms with Crippen LogP contribution < -0.4 is 9.47 Å². The van der Waals surface area contributed by atoms with Gasteiger partial charge >= 0.3 is 6.09 Å². The Labute approximate surface area is 425 Å². The Bertz CT molecular complexity index is 2420. The minimum atomic E-state index is -1.59. The number of hydrogen-bond donors (Lipinski definition) is 3. The van der Waals surface area contributed by atoms with Crippen molar-refractivity contribution in [2.45, 2.75) is 80.8 Å². The lowest BCUT2D eigenvalue weighted by atomic mass is 9.55. The summed E-state index contributed by atoms with van der Waals surface area (Å²) in [5, 5.41) is 46.1. The molecule has 3 N–H and O–H groups in total. The second kappa shape index (κ2) is 27.3. The van der Waals surface area contributed by atoms with Crippen LogP contribution in [-0.2, 0) is 37.0 Å². The summed E-state index contributed by atoms with van der Waals surface area (Å²) in [4.78, 5) is 34.6. The van der Waals surface area contributed by atoms with Crippen LogP contribution in [0.1, 0.15) is 67.6 Å². The van der Waals surface area contributed by atoms with E-state index in [1.54, 1.807) is 34.9 Å². The monoisotopic (exact) mass is 1010 g/mol. The number of oxime groups is 1. The zero-order chi connectivity index (χ0) is 50.7. The summed E-state index contributed by atoms with van der Waals surface area (Å²) in [6, 6.07) is 28.5. The van der Waals surface area contributed by atoms with Crippen molar-refractivity contribution >= 4 is 29.3 Å². The topological polar surface area (TPSA) is 201 Å². The molecule has 6 atom stereocenters. The molecule has 0 aromatic heterocycles. The van der Waals surface area contributed by atoms with Gasteiger partial charge in [-0.05, 0) is 115 Å². The van der Waals surface area contributed by atoms with Crippen LogP contribution in [-0.4, -0.2) is 114 Å². The lowest BCUT2D eigenvalue weighted by Gasteiger charge is -2.59. The number of hydrogen-bond acceptors (Lipinski definition) is 15. The van der Waals surface area contributed by atoms with Crippen LogP contribution in [0.5, 0.6) is 17.2 Å². The van der Waals surface area contributed by atoms with Crippen molar-refractivity contribution in [3.63, 3.8) is 0 Å². The average Bonchev–Trinajstić information content (AvgIpc) is 3.40. The summed E-state index contributed by atoms with van der Waals surface area (Å²) in [6.07, 6.45) is 9.49. The van der Waals surface area contributed by atoms with Gasteiger partial charge in [0.15, 0.2) is 0 Å². The van der Waals surface area contributed by atoms with E-state index in [-0.39, 0.29) is 95.9 Å². The molecule has 1 aliphatic heterocycles. The third-order valence-corrected chi connectivity index (χ3v) is 14.1. The summed E-state index contributed by atoms with van der Waals surface area (Å²) in [6.45, 7) is 4.45. The smallest absolute Gasteiger partial charge is 0.410 e. The number of aliphatic hydroxyl groups is 3. The summed E-state index contributed by atoms with van der Waals surface area (Å²) in [5.74, 6) is -0.816. The molecule has 0 bridgehead atoms. The molecular weight excluding hydrogens is 943 g/mol. The number of ether oxygens (including phenoxy) is 6. The molecule has 17 heteroatoms. The molecule has 1 saturated carbocycles. The van der Waals surface area contributed by atoms with Gasteiger partial charge in [0, 0.05) is 54.7 Å². The number of fused-ring (bicyclic) bond motifs is 2. The lowest BCUT2D eigenvalue weighted by Crippen LogP contribution is -2.70. The van der Waals surface area contributed by atoms with E-state index in [9.17, 15) is 30.2 Å². The van der Waals surface area contributed by atoms with Crippen LogP contribution >= 0.6 is 11.8 Å². The van der Waals surface area contributed by atoms with Gasteiger partial charge in [-0.25, -0.2) is 4.79 Å². The summed E-state index contributed by atoms with van der Waals surface area (Å²) in [7, 11) is 0. The molecular formula is C55H67N3O13S. The van der Waals surface area contributed by atoms with E-state index in [4.69, 9.17) is 38.4 Å². The number of unbranched alkanes of at least 4 members (excludes halogenated alkanes) is 2. The van der Waals surface area contributed by atoms with Gasteiger partial charge in [-0.3, -0.25) is 15.0 Å². The van der Waals surface area contributed by atoms with Gasteiger partial charge in [0.25, 0.3) is 5.69 Å². The highest BCUT2D eigenvalue weighted by Crippen LogP contribution is 2.62. The second-order valence-corrected chi connectivity index (χ2v) is 18.8. The summed E-state index contributed by atoms with van der Waals surface area (Å²) in [5.41, 5.74) is 3.84. The minimum absolute atomic E-state index is 0.00293. The van der Waals surface area contributed by atoms with Crippen LogP contribution in [0.2, 0.25) is 0 Å². The van der Waals surface area contributed by atoms with Crippen LogP contribution in [0.4, 0.5) is 10.5 Å². The van der Waals surface area contributed by atoms with E-state index >= 15 is 0 Å². The fourth-order valence-corrected chi connectivity index (χ4v) is 10.5. The zero-order valence-corrected chi connectivity index (χ0v) is 41.7. The Morgan fingerprint density at radius 2 is 1.61 bits per heavy atom. The van der Waals surface area contributed by atoms with Gasteiger partial charge in [0.05, 0.1) is 56.2 Å². The molecule has 1 amide bonds. The first-order chi connectivity index (χ1) is 35.2. The molecule has 1 fully saturated rings. The number of amides is 1. The van der Waals surface area contributed by atoms with Crippen LogP contribution in [0, 0.1) is 27.9 Å². The molecule has 0 saturated heterocycles. The summed E-state index contributed by atoms with van der Waals surface area (Å²) < 4.78 is 38.7. The van der Waals surface area contributed by atoms with Crippen molar-refractivity contribution in [2.75, 3.05) is 65.7 Å². The highest BCUT2D eigenvalue weighted by atomic mass is 32.2.